The molecule has 2 aromatic carbocycles. The minimum absolute atomic E-state index is 0.165. The van der Waals surface area contributed by atoms with Gasteiger partial charge in [-0.3, -0.25) is 9.59 Å². The summed E-state index contributed by atoms with van der Waals surface area (Å²) in [5, 5.41) is 4.03. The van der Waals surface area contributed by atoms with Gasteiger partial charge in [0.25, 0.3) is 0 Å². The Morgan fingerprint density at radius 3 is 2.03 bits per heavy atom. The van der Waals surface area contributed by atoms with Gasteiger partial charge in [0.2, 0.25) is 0 Å². The van der Waals surface area contributed by atoms with Gasteiger partial charge in [-0.2, -0.15) is 0 Å². The fourth-order valence-corrected chi connectivity index (χ4v) is 4.52. The molecule has 29 heavy (non-hydrogen) atoms. The largest absolute Gasteiger partial charge is 0.348 e. The summed E-state index contributed by atoms with van der Waals surface area (Å²) in [6, 6.07) is 16.7. The Hall–Kier alpha value is -2.71. The van der Waals surface area contributed by atoms with Crippen LogP contribution >= 0.6 is 0 Å². The molecule has 2 rings (SSSR count). The number of amides is 2. The van der Waals surface area contributed by atoms with Gasteiger partial charge in [0.15, 0.2) is 9.84 Å². The van der Waals surface area contributed by atoms with Crippen molar-refractivity contribution in [3.63, 3.8) is 0 Å². The standard InChI is InChI=1S/C21H27N3O4S/c1-24(2)15-9-14-22-20(25)21(26)23-16-19(17-10-5-3-6-11-17)29(27,28)18-12-7-4-8-13-18/h3-8,10-13,19H,9,14-16H2,1-2H3,(H,22,25)(H,23,26)/p+1/t19-/m1/s1. The summed E-state index contributed by atoms with van der Waals surface area (Å²) in [5.74, 6) is -1.60. The highest BCUT2D eigenvalue weighted by atomic mass is 32.2. The fraction of sp³-hybridized carbons (Fsp3) is 0.333. The van der Waals surface area contributed by atoms with E-state index in [1.54, 1.807) is 48.5 Å². The lowest BCUT2D eigenvalue weighted by Crippen LogP contribution is -3.05. The number of hydrogen-bond donors (Lipinski definition) is 3. The van der Waals surface area contributed by atoms with E-state index < -0.39 is 26.9 Å². The van der Waals surface area contributed by atoms with E-state index in [9.17, 15) is 18.0 Å². The molecule has 0 radical (unpaired) electrons. The quantitative estimate of drug-likeness (QED) is 0.394. The third-order valence-electron chi connectivity index (χ3n) is 4.41. The van der Waals surface area contributed by atoms with Crippen molar-refractivity contribution in [2.24, 2.45) is 0 Å². The van der Waals surface area contributed by atoms with Crippen molar-refractivity contribution in [3.8, 4) is 0 Å². The van der Waals surface area contributed by atoms with Crippen LogP contribution < -0.4 is 15.5 Å². The fourth-order valence-electron chi connectivity index (χ4n) is 2.84. The van der Waals surface area contributed by atoms with Gasteiger partial charge in [-0.1, -0.05) is 48.5 Å². The van der Waals surface area contributed by atoms with Crippen LogP contribution in [0.2, 0.25) is 0 Å². The normalized spacial score (nSPS) is 12.4. The molecular formula is C21H28N3O4S+. The van der Waals surface area contributed by atoms with E-state index in [1.165, 1.54) is 17.0 Å². The van der Waals surface area contributed by atoms with Gasteiger partial charge in [-0.05, 0) is 17.7 Å². The van der Waals surface area contributed by atoms with E-state index in [-0.39, 0.29) is 11.4 Å². The maximum absolute atomic E-state index is 13.1. The van der Waals surface area contributed by atoms with Crippen LogP contribution in [0.1, 0.15) is 17.2 Å². The van der Waals surface area contributed by atoms with Crippen LogP contribution in [0.3, 0.4) is 0 Å². The maximum atomic E-state index is 13.1. The Bertz CT molecular complexity index is 900. The van der Waals surface area contributed by atoms with Crippen molar-refractivity contribution in [1.82, 2.24) is 10.6 Å². The third kappa shape index (κ3) is 6.69. The topological polar surface area (TPSA) is 96.8 Å². The first kappa shape index (κ1) is 22.6. The lowest BCUT2D eigenvalue weighted by Gasteiger charge is -2.19. The van der Waals surface area contributed by atoms with E-state index in [1.807, 2.05) is 14.1 Å². The van der Waals surface area contributed by atoms with Gasteiger partial charge in [0.1, 0.15) is 5.25 Å². The van der Waals surface area contributed by atoms with Gasteiger partial charge in [-0.25, -0.2) is 8.42 Å². The summed E-state index contributed by atoms with van der Waals surface area (Å²) in [4.78, 5) is 25.5. The van der Waals surface area contributed by atoms with Gasteiger partial charge in [0.05, 0.1) is 25.5 Å². The lowest BCUT2D eigenvalue weighted by molar-refractivity contribution is -0.858. The Balaban J connectivity index is 2.08. The smallest absolute Gasteiger partial charge is 0.309 e. The maximum Gasteiger partial charge on any atom is 0.309 e. The van der Waals surface area contributed by atoms with Gasteiger partial charge in [-0.15, -0.1) is 0 Å². The number of benzene rings is 2. The molecule has 0 saturated heterocycles. The predicted octanol–water partition coefficient (Wildman–Crippen LogP) is -0.0314. The molecule has 0 aromatic heterocycles. The molecule has 156 valence electrons. The molecule has 0 fully saturated rings. The van der Waals surface area contributed by atoms with Crippen molar-refractivity contribution in [2.75, 3.05) is 33.7 Å². The summed E-state index contributed by atoms with van der Waals surface area (Å²) in [6.07, 6.45) is 0.746. The van der Waals surface area contributed by atoms with Gasteiger partial charge < -0.3 is 15.5 Å². The number of quaternary nitrogens is 1. The number of carbonyl (C=O) groups is 2. The SMILES string of the molecule is C[NH+](C)CCCNC(=O)C(=O)NC[C@H](c1ccccc1)S(=O)(=O)c1ccccc1. The first-order valence-corrected chi connectivity index (χ1v) is 11.1. The van der Waals surface area contributed by atoms with Crippen molar-refractivity contribution in [2.45, 2.75) is 16.6 Å². The van der Waals surface area contributed by atoms with Gasteiger partial charge >= 0.3 is 11.8 Å². The Kier molecular flexibility index (Phi) is 8.35. The average Bonchev–Trinajstić information content (AvgIpc) is 2.72. The molecule has 3 N–H and O–H groups in total. The Labute approximate surface area is 172 Å². The summed E-state index contributed by atoms with van der Waals surface area (Å²) in [6.45, 7) is 1.06. The Morgan fingerprint density at radius 2 is 1.45 bits per heavy atom. The van der Waals surface area contributed by atoms with E-state index in [0.717, 1.165) is 13.0 Å². The molecular weight excluding hydrogens is 390 g/mol. The van der Waals surface area contributed by atoms with E-state index >= 15 is 0 Å². The van der Waals surface area contributed by atoms with Crippen molar-refractivity contribution >= 4 is 21.7 Å². The molecule has 0 aliphatic carbocycles. The van der Waals surface area contributed by atoms with Crippen LogP contribution in [0.5, 0.6) is 0 Å². The lowest BCUT2D eigenvalue weighted by atomic mass is 10.1. The predicted molar refractivity (Wildman–Crippen MR) is 111 cm³/mol. The Morgan fingerprint density at radius 1 is 0.897 bits per heavy atom. The van der Waals surface area contributed by atoms with Crippen LogP contribution in [0.25, 0.3) is 0 Å². The monoisotopic (exact) mass is 418 g/mol. The van der Waals surface area contributed by atoms with Crippen molar-refractivity contribution < 1.29 is 22.9 Å². The number of rotatable bonds is 9. The second-order valence-electron chi connectivity index (χ2n) is 7.03. The highest BCUT2D eigenvalue weighted by molar-refractivity contribution is 7.91. The van der Waals surface area contributed by atoms with Gasteiger partial charge in [0, 0.05) is 19.5 Å². The molecule has 2 amide bonds. The second-order valence-corrected chi connectivity index (χ2v) is 9.16. The first-order valence-electron chi connectivity index (χ1n) is 9.51. The summed E-state index contributed by atoms with van der Waals surface area (Å²) < 4.78 is 26.3. The van der Waals surface area contributed by atoms with E-state index in [0.29, 0.717) is 12.1 Å². The minimum Gasteiger partial charge on any atom is -0.348 e. The molecule has 1 atom stereocenters. The van der Waals surface area contributed by atoms with Crippen molar-refractivity contribution in [1.29, 1.82) is 0 Å². The van der Waals surface area contributed by atoms with Crippen LogP contribution in [0.15, 0.2) is 65.6 Å². The van der Waals surface area contributed by atoms with E-state index in [4.69, 9.17) is 0 Å². The number of hydrogen-bond acceptors (Lipinski definition) is 4. The minimum atomic E-state index is -3.76. The highest BCUT2D eigenvalue weighted by Crippen LogP contribution is 2.28. The second kappa shape index (κ2) is 10.7. The first-order chi connectivity index (χ1) is 13.8. The molecule has 7 nitrogen and oxygen atoms in total. The molecule has 0 saturated carbocycles. The van der Waals surface area contributed by atoms with Crippen LogP contribution in [0.4, 0.5) is 0 Å². The summed E-state index contributed by atoms with van der Waals surface area (Å²) in [7, 11) is 0.256. The van der Waals surface area contributed by atoms with Crippen LogP contribution in [-0.2, 0) is 19.4 Å². The summed E-state index contributed by atoms with van der Waals surface area (Å²) >= 11 is 0. The molecule has 0 bridgehead atoms. The number of carbonyl (C=O) groups excluding carboxylic acids is 2. The van der Waals surface area contributed by atoms with Crippen molar-refractivity contribution in [3.05, 3.63) is 66.2 Å². The number of nitrogens with one attached hydrogen (secondary N) is 3. The molecule has 0 heterocycles. The zero-order chi connectivity index (χ0) is 21.3. The third-order valence-corrected chi connectivity index (χ3v) is 6.53. The highest BCUT2D eigenvalue weighted by Gasteiger charge is 2.30. The molecule has 0 spiro atoms. The molecule has 0 aliphatic heterocycles. The van der Waals surface area contributed by atoms with E-state index in [2.05, 4.69) is 10.6 Å². The zero-order valence-electron chi connectivity index (χ0n) is 16.7. The molecule has 2 aromatic rings. The van der Waals surface area contributed by atoms with Crippen LogP contribution in [0, 0.1) is 0 Å². The molecule has 8 heteroatoms. The number of sulfone groups is 1. The van der Waals surface area contributed by atoms with Crippen LogP contribution in [-0.4, -0.2) is 54.0 Å². The molecule has 0 aliphatic rings. The summed E-state index contributed by atoms with van der Waals surface area (Å²) in [5.41, 5.74) is 0.547. The molecule has 0 unspecified atom stereocenters. The average molecular weight is 419 g/mol. The zero-order valence-corrected chi connectivity index (χ0v) is 17.5.